The third-order valence-electron chi connectivity index (χ3n) is 3.08. The summed E-state index contributed by atoms with van der Waals surface area (Å²) in [5, 5.41) is 0.0795. The lowest BCUT2D eigenvalue weighted by atomic mass is 10.0. The van der Waals surface area contributed by atoms with Crippen LogP contribution in [0.3, 0.4) is 0 Å². The Labute approximate surface area is 105 Å². The second-order valence-electron chi connectivity index (χ2n) is 4.67. The largest absolute Gasteiger partial charge is 0.327 e. The normalized spacial score (nSPS) is 16.9. The topological polar surface area (TPSA) is 43.1 Å². The van der Waals surface area contributed by atoms with Crippen molar-refractivity contribution in [2.24, 2.45) is 11.7 Å². The molecule has 0 spiro atoms. The number of Topliss-reactive ketones (excluding diaryl/α,β-unsaturated/α-hetero) is 1. The lowest BCUT2D eigenvalue weighted by Crippen LogP contribution is -2.26. The molecule has 92 valence electrons. The van der Waals surface area contributed by atoms with E-state index in [1.54, 1.807) is 6.07 Å². The summed E-state index contributed by atoms with van der Waals surface area (Å²) in [4.78, 5) is 11.7. The van der Waals surface area contributed by atoms with Gasteiger partial charge in [0.2, 0.25) is 0 Å². The van der Waals surface area contributed by atoms with E-state index in [1.165, 1.54) is 12.1 Å². The second-order valence-corrected chi connectivity index (χ2v) is 5.08. The Morgan fingerprint density at radius 2 is 2.24 bits per heavy atom. The molecule has 1 aromatic carbocycles. The SMILES string of the molecule is NC(CC(=O)Cc1ccc(Cl)c(F)c1)C1CC1. The van der Waals surface area contributed by atoms with E-state index in [0.717, 1.165) is 12.8 Å². The van der Waals surface area contributed by atoms with Crippen LogP contribution in [-0.4, -0.2) is 11.8 Å². The number of ketones is 1. The predicted octanol–water partition coefficient (Wildman–Crippen LogP) is 2.72. The fourth-order valence-corrected chi connectivity index (χ4v) is 2.02. The van der Waals surface area contributed by atoms with Gasteiger partial charge in [-0.05, 0) is 36.5 Å². The first kappa shape index (κ1) is 12.5. The number of carbonyl (C=O) groups excluding carboxylic acids is 1. The van der Waals surface area contributed by atoms with Crippen LogP contribution in [0, 0.1) is 11.7 Å². The molecule has 0 heterocycles. The maximum atomic E-state index is 13.2. The van der Waals surface area contributed by atoms with Crippen LogP contribution in [-0.2, 0) is 11.2 Å². The molecule has 1 fully saturated rings. The van der Waals surface area contributed by atoms with Gasteiger partial charge >= 0.3 is 0 Å². The van der Waals surface area contributed by atoms with Crippen LogP contribution < -0.4 is 5.73 Å². The fourth-order valence-electron chi connectivity index (χ4n) is 1.90. The van der Waals surface area contributed by atoms with Crippen LogP contribution in [0.15, 0.2) is 18.2 Å². The van der Waals surface area contributed by atoms with Crippen LogP contribution >= 0.6 is 11.6 Å². The van der Waals surface area contributed by atoms with Crippen LogP contribution in [0.2, 0.25) is 5.02 Å². The Morgan fingerprint density at radius 1 is 1.53 bits per heavy atom. The van der Waals surface area contributed by atoms with Gasteiger partial charge in [-0.2, -0.15) is 0 Å². The minimum atomic E-state index is -0.483. The van der Waals surface area contributed by atoms with Gasteiger partial charge in [-0.3, -0.25) is 4.79 Å². The van der Waals surface area contributed by atoms with E-state index in [9.17, 15) is 9.18 Å². The number of hydrogen-bond donors (Lipinski definition) is 1. The van der Waals surface area contributed by atoms with Crippen LogP contribution in [0.25, 0.3) is 0 Å². The molecule has 1 aliphatic carbocycles. The van der Waals surface area contributed by atoms with Crippen molar-refractivity contribution in [3.8, 4) is 0 Å². The zero-order valence-corrected chi connectivity index (χ0v) is 10.2. The molecule has 0 radical (unpaired) electrons. The number of rotatable bonds is 5. The maximum Gasteiger partial charge on any atom is 0.142 e. The lowest BCUT2D eigenvalue weighted by molar-refractivity contribution is -0.118. The predicted molar refractivity (Wildman–Crippen MR) is 65.4 cm³/mol. The highest BCUT2D eigenvalue weighted by Gasteiger charge is 2.29. The molecule has 1 aromatic rings. The zero-order chi connectivity index (χ0) is 12.4. The van der Waals surface area contributed by atoms with Gasteiger partial charge in [0.05, 0.1) is 5.02 Å². The molecule has 2 N–H and O–H groups in total. The van der Waals surface area contributed by atoms with Gasteiger partial charge in [-0.1, -0.05) is 17.7 Å². The summed E-state index contributed by atoms with van der Waals surface area (Å²) in [6.07, 6.45) is 2.87. The number of hydrogen-bond acceptors (Lipinski definition) is 2. The van der Waals surface area contributed by atoms with Gasteiger partial charge < -0.3 is 5.73 Å². The maximum absolute atomic E-state index is 13.2. The van der Waals surface area contributed by atoms with Crippen molar-refractivity contribution in [3.05, 3.63) is 34.6 Å². The van der Waals surface area contributed by atoms with E-state index in [4.69, 9.17) is 17.3 Å². The van der Waals surface area contributed by atoms with E-state index in [1.807, 2.05) is 0 Å². The molecule has 1 unspecified atom stereocenters. The number of benzene rings is 1. The molecule has 0 amide bonds. The smallest absolute Gasteiger partial charge is 0.142 e. The van der Waals surface area contributed by atoms with Gasteiger partial charge in [-0.15, -0.1) is 0 Å². The average molecular weight is 256 g/mol. The van der Waals surface area contributed by atoms with Gasteiger partial charge in [0.25, 0.3) is 0 Å². The minimum Gasteiger partial charge on any atom is -0.327 e. The average Bonchev–Trinajstić information content (AvgIpc) is 3.06. The summed E-state index contributed by atoms with van der Waals surface area (Å²) in [6.45, 7) is 0. The van der Waals surface area contributed by atoms with E-state index in [-0.39, 0.29) is 23.3 Å². The highest BCUT2D eigenvalue weighted by atomic mass is 35.5. The Morgan fingerprint density at radius 3 is 2.82 bits per heavy atom. The molecular formula is C13H15ClFNO. The van der Waals surface area contributed by atoms with Crippen LogP contribution in [0.5, 0.6) is 0 Å². The molecule has 0 bridgehead atoms. The minimum absolute atomic E-state index is 0.0281. The first-order valence-corrected chi connectivity index (χ1v) is 6.15. The summed E-state index contributed by atoms with van der Waals surface area (Å²) in [5.41, 5.74) is 6.52. The fraction of sp³-hybridized carbons (Fsp3) is 0.462. The van der Waals surface area contributed by atoms with Gasteiger partial charge in [0.15, 0.2) is 0 Å². The summed E-state index contributed by atoms with van der Waals surface area (Å²) in [7, 11) is 0. The van der Waals surface area contributed by atoms with Crippen molar-refractivity contribution in [1.29, 1.82) is 0 Å². The standard InChI is InChI=1S/C13H15ClFNO/c14-11-4-1-8(6-12(11)15)5-10(17)7-13(16)9-2-3-9/h1,4,6,9,13H,2-3,5,7,16H2. The van der Waals surface area contributed by atoms with E-state index >= 15 is 0 Å². The summed E-state index contributed by atoms with van der Waals surface area (Å²) < 4.78 is 13.2. The van der Waals surface area contributed by atoms with Crippen molar-refractivity contribution in [1.82, 2.24) is 0 Å². The summed E-state index contributed by atoms with van der Waals surface area (Å²) in [6, 6.07) is 4.43. The Balaban J connectivity index is 1.90. The van der Waals surface area contributed by atoms with Gasteiger partial charge in [0.1, 0.15) is 11.6 Å². The Kier molecular flexibility index (Phi) is 3.79. The molecule has 0 aromatic heterocycles. The van der Waals surface area contributed by atoms with Gasteiger partial charge in [-0.25, -0.2) is 4.39 Å². The number of carbonyl (C=O) groups is 1. The quantitative estimate of drug-likeness (QED) is 0.879. The number of nitrogens with two attached hydrogens (primary N) is 1. The number of halogens is 2. The molecule has 2 nitrogen and oxygen atoms in total. The Bertz CT molecular complexity index is 431. The highest BCUT2D eigenvalue weighted by Crippen LogP contribution is 2.33. The second kappa shape index (κ2) is 5.15. The van der Waals surface area contributed by atoms with E-state index < -0.39 is 5.82 Å². The molecule has 2 rings (SSSR count). The van der Waals surface area contributed by atoms with Crippen molar-refractivity contribution in [2.75, 3.05) is 0 Å². The molecule has 0 saturated heterocycles. The molecule has 0 aliphatic heterocycles. The molecular weight excluding hydrogens is 241 g/mol. The summed E-state index contributed by atoms with van der Waals surface area (Å²) >= 11 is 5.57. The molecule has 17 heavy (non-hydrogen) atoms. The molecule has 1 saturated carbocycles. The monoisotopic (exact) mass is 255 g/mol. The van der Waals surface area contributed by atoms with Crippen molar-refractivity contribution < 1.29 is 9.18 Å². The van der Waals surface area contributed by atoms with Crippen molar-refractivity contribution in [3.63, 3.8) is 0 Å². The zero-order valence-electron chi connectivity index (χ0n) is 9.46. The van der Waals surface area contributed by atoms with Crippen molar-refractivity contribution in [2.45, 2.75) is 31.7 Å². The molecule has 4 heteroatoms. The van der Waals surface area contributed by atoms with Gasteiger partial charge in [0, 0.05) is 18.9 Å². The first-order valence-electron chi connectivity index (χ1n) is 5.77. The third-order valence-corrected chi connectivity index (χ3v) is 3.38. The van der Waals surface area contributed by atoms with E-state index in [2.05, 4.69) is 0 Å². The van der Waals surface area contributed by atoms with Crippen molar-refractivity contribution >= 4 is 17.4 Å². The molecule has 1 aliphatic rings. The van der Waals surface area contributed by atoms with Crippen LogP contribution in [0.4, 0.5) is 4.39 Å². The highest BCUT2D eigenvalue weighted by molar-refractivity contribution is 6.30. The summed E-state index contributed by atoms with van der Waals surface area (Å²) in [5.74, 6) is 0.0930. The Hall–Kier alpha value is -0.930. The third kappa shape index (κ3) is 3.51. The molecule has 1 atom stereocenters. The van der Waals surface area contributed by atoms with E-state index in [0.29, 0.717) is 17.9 Å². The lowest BCUT2D eigenvalue weighted by Gasteiger charge is -2.09. The first-order chi connectivity index (χ1) is 8.06. The van der Waals surface area contributed by atoms with Crippen LogP contribution in [0.1, 0.15) is 24.8 Å².